The Morgan fingerprint density at radius 2 is 1.90 bits per heavy atom. The van der Waals surface area contributed by atoms with Gasteiger partial charge in [0, 0.05) is 25.1 Å². The van der Waals surface area contributed by atoms with E-state index in [4.69, 9.17) is 14.2 Å². The van der Waals surface area contributed by atoms with Gasteiger partial charge in [0.25, 0.3) is 0 Å². The van der Waals surface area contributed by atoms with Crippen molar-refractivity contribution in [2.24, 2.45) is 5.92 Å². The van der Waals surface area contributed by atoms with E-state index in [-0.39, 0.29) is 12.1 Å². The van der Waals surface area contributed by atoms with E-state index in [0.29, 0.717) is 19.1 Å². The summed E-state index contributed by atoms with van der Waals surface area (Å²) in [5, 5.41) is 0. The van der Waals surface area contributed by atoms with Gasteiger partial charge in [0.1, 0.15) is 12.7 Å². The minimum Gasteiger partial charge on any atom is -0.486 e. The molecule has 0 aliphatic carbocycles. The molecular weight excluding hydrogens is 366 g/mol. The molecule has 0 saturated carbocycles. The first-order chi connectivity index (χ1) is 14.3. The van der Waals surface area contributed by atoms with Gasteiger partial charge in [0.05, 0.1) is 6.61 Å². The van der Waals surface area contributed by atoms with Crippen LogP contribution in [0.3, 0.4) is 0 Å². The van der Waals surface area contributed by atoms with E-state index in [1.54, 1.807) is 6.08 Å². The van der Waals surface area contributed by atoms with E-state index >= 15 is 0 Å². The van der Waals surface area contributed by atoms with E-state index in [0.717, 1.165) is 49.5 Å². The number of para-hydroxylation sites is 2. The Balaban J connectivity index is 1.22. The molecule has 2 aromatic carbocycles. The Bertz CT molecular complexity index is 836. The van der Waals surface area contributed by atoms with E-state index in [9.17, 15) is 4.79 Å². The second-order valence-corrected chi connectivity index (χ2v) is 7.64. The van der Waals surface area contributed by atoms with Gasteiger partial charge in [-0.2, -0.15) is 0 Å². The highest BCUT2D eigenvalue weighted by Gasteiger charge is 2.27. The molecule has 2 aromatic rings. The Hall–Kier alpha value is -2.79. The predicted octanol–water partition coefficient (Wildman–Crippen LogP) is 3.80. The van der Waals surface area contributed by atoms with Crippen LogP contribution in [-0.4, -0.2) is 49.8 Å². The maximum absolute atomic E-state index is 12.0. The Labute approximate surface area is 171 Å². The minimum atomic E-state index is -0.286. The van der Waals surface area contributed by atoms with Crippen LogP contribution in [-0.2, 0) is 9.53 Å². The number of carbonyl (C=O) groups is 1. The fourth-order valence-corrected chi connectivity index (χ4v) is 3.87. The largest absolute Gasteiger partial charge is 0.486 e. The van der Waals surface area contributed by atoms with Crippen molar-refractivity contribution in [1.29, 1.82) is 0 Å². The van der Waals surface area contributed by atoms with Crippen LogP contribution in [0, 0.1) is 5.92 Å². The van der Waals surface area contributed by atoms with Crippen LogP contribution in [0.25, 0.3) is 6.08 Å². The second-order valence-electron chi connectivity index (χ2n) is 7.64. The molecular formula is C24H27NO4. The number of ether oxygens (including phenoxy) is 3. The van der Waals surface area contributed by atoms with Crippen LogP contribution in [0.5, 0.6) is 11.5 Å². The van der Waals surface area contributed by atoms with Gasteiger partial charge >= 0.3 is 5.97 Å². The van der Waals surface area contributed by atoms with Crippen LogP contribution in [0.1, 0.15) is 18.4 Å². The summed E-state index contributed by atoms with van der Waals surface area (Å²) in [6, 6.07) is 17.6. The number of nitrogens with zero attached hydrogens (tertiary/aromatic N) is 1. The van der Waals surface area contributed by atoms with Crippen LogP contribution in [0.4, 0.5) is 0 Å². The zero-order valence-electron chi connectivity index (χ0n) is 16.5. The number of hydrogen-bond donors (Lipinski definition) is 0. The van der Waals surface area contributed by atoms with Gasteiger partial charge in [-0.25, -0.2) is 4.79 Å². The minimum absolute atomic E-state index is 0.0278. The van der Waals surface area contributed by atoms with Crippen LogP contribution in [0.15, 0.2) is 60.7 Å². The number of carbonyl (C=O) groups excluding carboxylic acids is 1. The van der Waals surface area contributed by atoms with E-state index < -0.39 is 0 Å². The highest BCUT2D eigenvalue weighted by atomic mass is 16.6. The van der Waals surface area contributed by atoms with Gasteiger partial charge in [-0.05, 0) is 43.2 Å². The molecule has 152 valence electrons. The number of benzene rings is 2. The fraction of sp³-hybridized carbons (Fsp3) is 0.375. The smallest absolute Gasteiger partial charge is 0.330 e. The zero-order chi connectivity index (χ0) is 19.9. The van der Waals surface area contributed by atoms with Crippen molar-refractivity contribution < 1.29 is 19.0 Å². The van der Waals surface area contributed by atoms with Crippen molar-refractivity contribution in [1.82, 2.24) is 4.90 Å². The lowest BCUT2D eigenvalue weighted by molar-refractivity contribution is -0.139. The Kier molecular flexibility index (Phi) is 6.47. The van der Waals surface area contributed by atoms with Crippen molar-refractivity contribution in [3.05, 3.63) is 66.2 Å². The van der Waals surface area contributed by atoms with Gasteiger partial charge in [-0.3, -0.25) is 4.90 Å². The highest BCUT2D eigenvalue weighted by molar-refractivity contribution is 5.87. The molecule has 5 heteroatoms. The zero-order valence-corrected chi connectivity index (χ0v) is 16.5. The molecule has 0 spiro atoms. The number of rotatable bonds is 6. The highest BCUT2D eigenvalue weighted by Crippen LogP contribution is 2.31. The summed E-state index contributed by atoms with van der Waals surface area (Å²) in [7, 11) is 0. The predicted molar refractivity (Wildman–Crippen MR) is 112 cm³/mol. The first-order valence-corrected chi connectivity index (χ1v) is 10.3. The van der Waals surface area contributed by atoms with Gasteiger partial charge < -0.3 is 14.2 Å². The molecule has 5 nitrogen and oxygen atoms in total. The molecule has 2 atom stereocenters. The summed E-state index contributed by atoms with van der Waals surface area (Å²) >= 11 is 0. The van der Waals surface area contributed by atoms with Crippen LogP contribution < -0.4 is 9.47 Å². The van der Waals surface area contributed by atoms with E-state index in [1.165, 1.54) is 6.08 Å². The molecule has 0 aromatic heterocycles. The number of fused-ring (bicyclic) bond motifs is 1. The number of likely N-dealkylation sites (tertiary alicyclic amines) is 1. The van der Waals surface area contributed by atoms with Crippen molar-refractivity contribution in [2.45, 2.75) is 18.9 Å². The summed E-state index contributed by atoms with van der Waals surface area (Å²) in [6.45, 7) is 3.81. The molecule has 1 saturated heterocycles. The summed E-state index contributed by atoms with van der Waals surface area (Å²) in [5.74, 6) is 1.70. The van der Waals surface area contributed by atoms with Crippen molar-refractivity contribution in [3.63, 3.8) is 0 Å². The molecule has 0 radical (unpaired) electrons. The van der Waals surface area contributed by atoms with Crippen molar-refractivity contribution >= 4 is 12.0 Å². The average Bonchev–Trinajstić information content (AvgIpc) is 2.77. The molecule has 0 N–H and O–H groups in total. The average molecular weight is 393 g/mol. The second kappa shape index (κ2) is 9.61. The normalized spacial score (nSPS) is 21.8. The number of hydrogen-bond acceptors (Lipinski definition) is 5. The molecule has 2 aliphatic rings. The Morgan fingerprint density at radius 1 is 1.10 bits per heavy atom. The molecule has 29 heavy (non-hydrogen) atoms. The maximum atomic E-state index is 12.0. The number of esters is 1. The molecule has 2 unspecified atom stereocenters. The quantitative estimate of drug-likeness (QED) is 0.552. The first-order valence-electron chi connectivity index (χ1n) is 10.3. The van der Waals surface area contributed by atoms with Crippen molar-refractivity contribution in [3.8, 4) is 11.5 Å². The van der Waals surface area contributed by atoms with E-state index in [2.05, 4.69) is 4.90 Å². The standard InChI is InChI=1S/C24H27NO4/c26-24(13-12-19-7-2-1-3-8-19)28-17-20-9-6-14-25(15-20)16-21-18-27-22-10-4-5-11-23(22)29-21/h1-5,7-8,10-13,20-21H,6,9,14-18H2/b13-12+. The lowest BCUT2D eigenvalue weighted by atomic mass is 9.98. The third kappa shape index (κ3) is 5.61. The Morgan fingerprint density at radius 3 is 2.76 bits per heavy atom. The van der Waals surface area contributed by atoms with Gasteiger partial charge in [0.15, 0.2) is 11.5 Å². The third-order valence-corrected chi connectivity index (χ3v) is 5.31. The van der Waals surface area contributed by atoms with Gasteiger partial charge in [-0.1, -0.05) is 42.5 Å². The first kappa shape index (κ1) is 19.5. The molecule has 0 bridgehead atoms. The molecule has 0 amide bonds. The van der Waals surface area contributed by atoms with Crippen LogP contribution >= 0.6 is 0 Å². The van der Waals surface area contributed by atoms with Gasteiger partial charge in [-0.15, -0.1) is 0 Å². The van der Waals surface area contributed by atoms with Crippen molar-refractivity contribution in [2.75, 3.05) is 32.8 Å². The SMILES string of the molecule is O=C(/C=C/c1ccccc1)OCC1CCCN(CC2COc3ccccc3O2)C1. The van der Waals surface area contributed by atoms with Gasteiger partial charge in [0.2, 0.25) is 0 Å². The lowest BCUT2D eigenvalue weighted by Gasteiger charge is -2.36. The summed E-state index contributed by atoms with van der Waals surface area (Å²) < 4.78 is 17.4. The number of piperidine rings is 1. The summed E-state index contributed by atoms with van der Waals surface area (Å²) in [4.78, 5) is 14.4. The molecule has 4 rings (SSSR count). The molecule has 1 fully saturated rings. The summed E-state index contributed by atoms with van der Waals surface area (Å²) in [5.41, 5.74) is 0.990. The lowest BCUT2D eigenvalue weighted by Crippen LogP contribution is -2.45. The topological polar surface area (TPSA) is 48.0 Å². The third-order valence-electron chi connectivity index (χ3n) is 5.31. The molecule has 2 heterocycles. The summed E-state index contributed by atoms with van der Waals surface area (Å²) in [6.07, 6.45) is 5.50. The fourth-order valence-electron chi connectivity index (χ4n) is 3.87. The van der Waals surface area contributed by atoms with Crippen LogP contribution in [0.2, 0.25) is 0 Å². The maximum Gasteiger partial charge on any atom is 0.330 e. The van der Waals surface area contributed by atoms with E-state index in [1.807, 2.05) is 54.6 Å². The monoisotopic (exact) mass is 393 g/mol. The molecule has 2 aliphatic heterocycles.